The summed E-state index contributed by atoms with van der Waals surface area (Å²) in [6, 6.07) is 5.28. The lowest BCUT2D eigenvalue weighted by molar-refractivity contribution is -0.0244. The highest BCUT2D eigenvalue weighted by Gasteiger charge is 2.38. The highest BCUT2D eigenvalue weighted by atomic mass is 16.3. The van der Waals surface area contributed by atoms with Crippen molar-refractivity contribution in [3.05, 3.63) is 34.2 Å². The van der Waals surface area contributed by atoms with Crippen LogP contribution in [0.15, 0.2) is 23.0 Å². The van der Waals surface area contributed by atoms with Gasteiger partial charge in [-0.05, 0) is 19.5 Å². The Balaban J connectivity index is 2.16. The zero-order valence-electron chi connectivity index (χ0n) is 9.34. The summed E-state index contributed by atoms with van der Waals surface area (Å²) in [5.74, 6) is 0.581. The minimum Gasteiger partial charge on any atom is -0.373 e. The molecule has 0 amide bonds. The van der Waals surface area contributed by atoms with Crippen LogP contribution in [0, 0.1) is 5.92 Å². The van der Waals surface area contributed by atoms with Crippen LogP contribution in [0.2, 0.25) is 0 Å². The maximum absolute atomic E-state index is 11.8. The van der Waals surface area contributed by atoms with Gasteiger partial charge in [-0.2, -0.15) is 0 Å². The number of nitrogens with zero attached hydrogens (tertiary/aromatic N) is 2. The van der Waals surface area contributed by atoms with Gasteiger partial charge in [-0.3, -0.25) is 9.36 Å². The Morgan fingerprint density at radius 2 is 2.19 bits per heavy atom. The standard InChI is InChI=1S/C12H16N2O2/c1-13-6-8-5-9(7-13)12(16)14-10(8)3-2-4-11(14)15/h2-4,8-9,12,16H,5-7H2,1H3/t8-,9?,12?/m0/s1. The van der Waals surface area contributed by atoms with Gasteiger partial charge in [0.05, 0.1) is 0 Å². The van der Waals surface area contributed by atoms with E-state index in [4.69, 9.17) is 0 Å². The maximum Gasteiger partial charge on any atom is 0.252 e. The van der Waals surface area contributed by atoms with Gasteiger partial charge in [-0.15, -0.1) is 0 Å². The van der Waals surface area contributed by atoms with Gasteiger partial charge >= 0.3 is 0 Å². The first-order valence-electron chi connectivity index (χ1n) is 5.75. The molecule has 16 heavy (non-hydrogen) atoms. The minimum atomic E-state index is -0.650. The predicted octanol–water partition coefficient (Wildman–Crippen LogP) is 0.388. The highest BCUT2D eigenvalue weighted by molar-refractivity contribution is 5.17. The minimum absolute atomic E-state index is 0.0794. The zero-order chi connectivity index (χ0) is 11.3. The second-order valence-electron chi connectivity index (χ2n) is 4.99. The third-order valence-electron chi connectivity index (χ3n) is 3.79. The predicted molar refractivity (Wildman–Crippen MR) is 60.3 cm³/mol. The molecule has 2 aliphatic heterocycles. The first-order chi connectivity index (χ1) is 7.66. The van der Waals surface area contributed by atoms with Crippen LogP contribution < -0.4 is 5.56 Å². The summed E-state index contributed by atoms with van der Waals surface area (Å²) in [6.07, 6.45) is 0.345. The van der Waals surface area contributed by atoms with Gasteiger partial charge in [0.25, 0.3) is 5.56 Å². The number of likely N-dealkylation sites (N-methyl/N-ethyl adjacent to an activating group) is 1. The molecule has 1 N–H and O–H groups in total. The molecule has 0 saturated carbocycles. The normalized spacial score (nSPS) is 33.5. The molecule has 2 unspecified atom stereocenters. The third-order valence-corrected chi connectivity index (χ3v) is 3.79. The van der Waals surface area contributed by atoms with Crippen LogP contribution in [0.5, 0.6) is 0 Å². The Morgan fingerprint density at radius 3 is 3.00 bits per heavy atom. The number of aromatic nitrogens is 1. The highest BCUT2D eigenvalue weighted by Crippen LogP contribution is 2.39. The van der Waals surface area contributed by atoms with E-state index in [-0.39, 0.29) is 11.5 Å². The largest absolute Gasteiger partial charge is 0.373 e. The monoisotopic (exact) mass is 220 g/mol. The van der Waals surface area contributed by atoms with Gasteiger partial charge in [0.1, 0.15) is 6.23 Å². The van der Waals surface area contributed by atoms with Crippen LogP contribution in [-0.2, 0) is 0 Å². The van der Waals surface area contributed by atoms with E-state index in [0.717, 1.165) is 25.2 Å². The van der Waals surface area contributed by atoms with Crippen LogP contribution >= 0.6 is 0 Å². The van der Waals surface area contributed by atoms with E-state index in [1.165, 1.54) is 6.07 Å². The fraction of sp³-hybridized carbons (Fsp3) is 0.583. The van der Waals surface area contributed by atoms with E-state index in [1.54, 1.807) is 10.6 Å². The molecule has 2 bridgehead atoms. The van der Waals surface area contributed by atoms with Crippen LogP contribution in [0.1, 0.15) is 24.3 Å². The molecular formula is C12H16N2O2. The van der Waals surface area contributed by atoms with Crippen LogP contribution in [0.4, 0.5) is 0 Å². The summed E-state index contributed by atoms with van der Waals surface area (Å²) in [7, 11) is 2.07. The van der Waals surface area contributed by atoms with Gasteiger partial charge in [0.15, 0.2) is 0 Å². The zero-order valence-corrected chi connectivity index (χ0v) is 9.34. The summed E-state index contributed by atoms with van der Waals surface area (Å²) in [4.78, 5) is 14.0. The van der Waals surface area contributed by atoms with E-state index in [1.807, 2.05) is 6.07 Å². The number of aliphatic hydroxyl groups is 1. The van der Waals surface area contributed by atoms with Crippen molar-refractivity contribution in [3.63, 3.8) is 0 Å². The third kappa shape index (κ3) is 1.33. The molecule has 1 saturated heterocycles. The number of pyridine rings is 1. The van der Waals surface area contributed by atoms with E-state index >= 15 is 0 Å². The lowest BCUT2D eigenvalue weighted by atomic mass is 9.82. The van der Waals surface area contributed by atoms with Crippen molar-refractivity contribution in [1.82, 2.24) is 9.47 Å². The lowest BCUT2D eigenvalue weighted by Crippen LogP contribution is -2.48. The van der Waals surface area contributed by atoms with Crippen molar-refractivity contribution in [3.8, 4) is 0 Å². The Morgan fingerprint density at radius 1 is 1.38 bits per heavy atom. The lowest BCUT2D eigenvalue weighted by Gasteiger charge is -2.43. The summed E-state index contributed by atoms with van der Waals surface area (Å²) in [5.41, 5.74) is 0.909. The molecule has 4 heteroatoms. The Labute approximate surface area is 94.1 Å². The Kier molecular flexibility index (Phi) is 2.16. The Bertz CT molecular complexity index is 468. The molecule has 3 rings (SSSR count). The SMILES string of the molecule is CN1CC2C[C@@H](C1)c1cccc(=O)n1C2O. The fourth-order valence-electron chi connectivity index (χ4n) is 3.14. The number of likely N-dealkylation sites (tertiary alicyclic amines) is 1. The molecule has 3 atom stereocenters. The molecule has 0 aliphatic carbocycles. The van der Waals surface area contributed by atoms with Crippen molar-refractivity contribution < 1.29 is 5.11 Å². The van der Waals surface area contributed by atoms with Gasteiger partial charge in [-0.25, -0.2) is 0 Å². The number of piperidine rings is 1. The van der Waals surface area contributed by atoms with Gasteiger partial charge in [-0.1, -0.05) is 6.07 Å². The summed E-state index contributed by atoms with van der Waals surface area (Å²) in [6.45, 7) is 1.85. The summed E-state index contributed by atoms with van der Waals surface area (Å²) >= 11 is 0. The van der Waals surface area contributed by atoms with Crippen molar-refractivity contribution in [2.75, 3.05) is 20.1 Å². The molecule has 4 nitrogen and oxygen atoms in total. The number of rotatable bonds is 0. The van der Waals surface area contributed by atoms with Gasteiger partial charge in [0, 0.05) is 36.7 Å². The summed E-state index contributed by atoms with van der Waals surface area (Å²) in [5, 5.41) is 10.2. The first-order valence-corrected chi connectivity index (χ1v) is 5.75. The number of hydrogen-bond donors (Lipinski definition) is 1. The molecule has 0 spiro atoms. The van der Waals surface area contributed by atoms with Crippen LogP contribution in [0.25, 0.3) is 0 Å². The second-order valence-corrected chi connectivity index (χ2v) is 4.99. The molecule has 0 radical (unpaired) electrons. The number of hydrogen-bond acceptors (Lipinski definition) is 3. The van der Waals surface area contributed by atoms with Crippen molar-refractivity contribution in [2.45, 2.75) is 18.6 Å². The van der Waals surface area contributed by atoms with E-state index < -0.39 is 6.23 Å². The summed E-state index contributed by atoms with van der Waals surface area (Å²) < 4.78 is 1.58. The van der Waals surface area contributed by atoms with Gasteiger partial charge in [0.2, 0.25) is 0 Å². The molecule has 86 valence electrons. The molecule has 3 heterocycles. The number of aliphatic hydroxyl groups excluding tert-OH is 1. The fourth-order valence-corrected chi connectivity index (χ4v) is 3.14. The van der Waals surface area contributed by atoms with Crippen molar-refractivity contribution in [2.24, 2.45) is 5.92 Å². The first kappa shape index (κ1) is 10.1. The average molecular weight is 220 g/mol. The second kappa shape index (κ2) is 3.43. The quantitative estimate of drug-likeness (QED) is 0.688. The molecule has 2 aliphatic rings. The van der Waals surface area contributed by atoms with E-state index in [0.29, 0.717) is 5.92 Å². The molecule has 1 aromatic heterocycles. The maximum atomic E-state index is 11.8. The Hall–Kier alpha value is -1.13. The molecule has 1 aromatic rings. The molecule has 0 aromatic carbocycles. The van der Waals surface area contributed by atoms with Crippen LogP contribution in [-0.4, -0.2) is 34.7 Å². The van der Waals surface area contributed by atoms with E-state index in [9.17, 15) is 9.90 Å². The molecular weight excluding hydrogens is 204 g/mol. The topological polar surface area (TPSA) is 45.5 Å². The van der Waals surface area contributed by atoms with Crippen LogP contribution in [0.3, 0.4) is 0 Å². The van der Waals surface area contributed by atoms with E-state index in [2.05, 4.69) is 11.9 Å². The smallest absolute Gasteiger partial charge is 0.252 e. The van der Waals surface area contributed by atoms with Crippen molar-refractivity contribution >= 4 is 0 Å². The molecule has 1 fully saturated rings. The number of fused-ring (bicyclic) bond motifs is 4. The average Bonchev–Trinajstić information content (AvgIpc) is 2.25. The van der Waals surface area contributed by atoms with Crippen molar-refractivity contribution in [1.29, 1.82) is 0 Å². The van der Waals surface area contributed by atoms with Gasteiger partial charge < -0.3 is 10.0 Å².